The van der Waals surface area contributed by atoms with Crippen molar-refractivity contribution in [2.45, 2.75) is 25.3 Å². The average Bonchev–Trinajstić information content (AvgIpc) is 2.81. The maximum atomic E-state index is 13.0. The molecular weight excluding hydrogens is 314 g/mol. The maximum Gasteiger partial charge on any atom is 0.336 e. The molecule has 0 saturated carbocycles. The Labute approximate surface area is 138 Å². The van der Waals surface area contributed by atoms with Crippen LogP contribution in [-0.2, 0) is 0 Å². The van der Waals surface area contributed by atoms with Gasteiger partial charge < -0.3 is 5.11 Å². The van der Waals surface area contributed by atoms with Crippen LogP contribution >= 0.6 is 11.6 Å². The summed E-state index contributed by atoms with van der Waals surface area (Å²) in [4.78, 5) is 26.1. The van der Waals surface area contributed by atoms with Gasteiger partial charge in [0.2, 0.25) is 0 Å². The molecule has 1 N–H and O–H groups in total. The van der Waals surface area contributed by atoms with E-state index in [-0.39, 0.29) is 23.4 Å². The molecule has 0 aliphatic carbocycles. The largest absolute Gasteiger partial charge is 0.478 e. The SMILES string of the molecule is C[C@@H]1C[C@@H]2c3cccc(C(=O)O)c3C(=O)N2c2c(Cl)cccc21. The van der Waals surface area contributed by atoms with Crippen LogP contribution in [0.3, 0.4) is 0 Å². The van der Waals surface area contributed by atoms with Gasteiger partial charge >= 0.3 is 5.97 Å². The van der Waals surface area contributed by atoms with Gasteiger partial charge in [-0.1, -0.05) is 42.8 Å². The van der Waals surface area contributed by atoms with E-state index in [1.807, 2.05) is 18.2 Å². The Kier molecular flexibility index (Phi) is 3.00. The number of carbonyl (C=O) groups excluding carboxylic acids is 1. The molecule has 0 spiro atoms. The van der Waals surface area contributed by atoms with Crippen LogP contribution in [0.5, 0.6) is 0 Å². The molecule has 2 aromatic carbocycles. The molecule has 0 saturated heterocycles. The van der Waals surface area contributed by atoms with E-state index < -0.39 is 5.97 Å². The fourth-order valence-electron chi connectivity index (χ4n) is 3.80. The van der Waals surface area contributed by atoms with Gasteiger partial charge in [0.1, 0.15) is 0 Å². The van der Waals surface area contributed by atoms with Gasteiger partial charge in [-0.15, -0.1) is 0 Å². The van der Waals surface area contributed by atoms with E-state index in [4.69, 9.17) is 11.6 Å². The van der Waals surface area contributed by atoms with E-state index in [0.29, 0.717) is 10.6 Å². The third-order valence-corrected chi connectivity index (χ3v) is 5.10. The number of amides is 1. The Hall–Kier alpha value is -2.33. The zero-order valence-electron chi connectivity index (χ0n) is 12.4. The number of nitrogens with zero attached hydrogens (tertiary/aromatic N) is 1. The van der Waals surface area contributed by atoms with Crippen molar-refractivity contribution in [1.82, 2.24) is 0 Å². The van der Waals surface area contributed by atoms with Crippen molar-refractivity contribution < 1.29 is 14.7 Å². The number of carboxylic acids is 1. The number of rotatable bonds is 1. The number of benzene rings is 2. The minimum Gasteiger partial charge on any atom is -0.478 e. The lowest BCUT2D eigenvalue weighted by molar-refractivity contribution is 0.0692. The molecule has 0 unspecified atom stereocenters. The van der Waals surface area contributed by atoms with Gasteiger partial charge in [0.15, 0.2) is 0 Å². The second-order valence-electron chi connectivity index (χ2n) is 6.08. The Morgan fingerprint density at radius 1 is 1.22 bits per heavy atom. The molecule has 5 heteroatoms. The summed E-state index contributed by atoms with van der Waals surface area (Å²) in [7, 11) is 0. The smallest absolute Gasteiger partial charge is 0.336 e. The minimum atomic E-state index is -1.08. The van der Waals surface area contributed by atoms with Crippen molar-refractivity contribution in [1.29, 1.82) is 0 Å². The lowest BCUT2D eigenvalue weighted by atomic mass is 9.85. The number of anilines is 1. The molecule has 0 fully saturated rings. The van der Waals surface area contributed by atoms with Crippen LogP contribution in [-0.4, -0.2) is 17.0 Å². The lowest BCUT2D eigenvalue weighted by Crippen LogP contribution is -2.33. The first-order valence-electron chi connectivity index (χ1n) is 7.49. The average molecular weight is 328 g/mol. The molecular formula is C18H14ClNO3. The summed E-state index contributed by atoms with van der Waals surface area (Å²) in [6.07, 6.45) is 0.759. The predicted molar refractivity (Wildman–Crippen MR) is 87.4 cm³/mol. The second-order valence-corrected chi connectivity index (χ2v) is 6.49. The molecule has 1 amide bonds. The van der Waals surface area contributed by atoms with E-state index in [1.54, 1.807) is 17.0 Å². The Morgan fingerprint density at radius 3 is 2.65 bits per heavy atom. The molecule has 2 aliphatic heterocycles. The molecule has 0 aromatic heterocycles. The van der Waals surface area contributed by atoms with Crippen molar-refractivity contribution in [3.8, 4) is 0 Å². The molecule has 4 rings (SSSR count). The van der Waals surface area contributed by atoms with E-state index in [1.165, 1.54) is 6.07 Å². The van der Waals surface area contributed by atoms with Crippen LogP contribution < -0.4 is 4.90 Å². The van der Waals surface area contributed by atoms with Crippen molar-refractivity contribution >= 4 is 29.2 Å². The normalized spacial score (nSPS) is 21.7. The summed E-state index contributed by atoms with van der Waals surface area (Å²) in [5, 5.41) is 9.93. The first kappa shape index (κ1) is 14.3. The maximum absolute atomic E-state index is 13.0. The molecule has 0 radical (unpaired) electrons. The first-order valence-corrected chi connectivity index (χ1v) is 7.86. The van der Waals surface area contributed by atoms with Crippen molar-refractivity contribution in [3.05, 3.63) is 63.7 Å². The molecule has 116 valence electrons. The van der Waals surface area contributed by atoms with Gasteiger partial charge in [0.25, 0.3) is 5.91 Å². The molecule has 2 atom stereocenters. The van der Waals surface area contributed by atoms with Crippen molar-refractivity contribution in [2.75, 3.05) is 4.90 Å². The monoisotopic (exact) mass is 327 g/mol. The van der Waals surface area contributed by atoms with Gasteiger partial charge in [0, 0.05) is 0 Å². The predicted octanol–water partition coefficient (Wildman–Crippen LogP) is 4.25. The van der Waals surface area contributed by atoms with Gasteiger partial charge in [-0.25, -0.2) is 4.79 Å². The molecule has 2 aromatic rings. The Morgan fingerprint density at radius 2 is 1.91 bits per heavy atom. The number of fused-ring (bicyclic) bond motifs is 5. The number of aromatic carboxylic acids is 1. The Bertz CT molecular complexity index is 861. The quantitative estimate of drug-likeness (QED) is 0.852. The summed E-state index contributed by atoms with van der Waals surface area (Å²) < 4.78 is 0. The van der Waals surface area contributed by atoms with Gasteiger partial charge in [-0.2, -0.15) is 0 Å². The van der Waals surface area contributed by atoms with E-state index in [0.717, 1.165) is 23.2 Å². The third-order valence-electron chi connectivity index (χ3n) is 4.80. The van der Waals surface area contributed by atoms with E-state index in [2.05, 4.69) is 6.92 Å². The number of hydrogen-bond acceptors (Lipinski definition) is 2. The molecule has 23 heavy (non-hydrogen) atoms. The van der Waals surface area contributed by atoms with E-state index in [9.17, 15) is 14.7 Å². The third kappa shape index (κ3) is 1.85. The molecule has 0 bridgehead atoms. The van der Waals surface area contributed by atoms with E-state index >= 15 is 0 Å². The zero-order valence-corrected chi connectivity index (χ0v) is 13.2. The number of halogens is 1. The summed E-state index contributed by atoms with van der Waals surface area (Å²) in [6.45, 7) is 2.11. The highest BCUT2D eigenvalue weighted by Crippen LogP contribution is 2.52. The fourth-order valence-corrected chi connectivity index (χ4v) is 4.07. The summed E-state index contributed by atoms with van der Waals surface area (Å²) >= 11 is 6.37. The number of hydrogen-bond donors (Lipinski definition) is 1. The Balaban J connectivity index is 1.98. The number of carboxylic acid groups (broad SMARTS) is 1. The second kappa shape index (κ2) is 4.83. The summed E-state index contributed by atoms with van der Waals surface area (Å²) in [5.41, 5.74) is 2.89. The highest BCUT2D eigenvalue weighted by atomic mass is 35.5. The number of carbonyl (C=O) groups is 2. The summed E-state index contributed by atoms with van der Waals surface area (Å²) in [6, 6.07) is 10.5. The fraction of sp³-hybridized carbons (Fsp3) is 0.222. The first-order chi connectivity index (χ1) is 11.0. The van der Waals surface area contributed by atoms with Crippen LogP contribution in [0.15, 0.2) is 36.4 Å². The lowest BCUT2D eigenvalue weighted by Gasteiger charge is -2.36. The molecule has 4 nitrogen and oxygen atoms in total. The standard InChI is InChI=1S/C18H14ClNO3/c1-9-8-14-11-5-2-6-12(18(22)23)15(11)17(21)20(14)16-10(9)4-3-7-13(16)19/h2-7,9,14H,8H2,1H3,(H,22,23)/t9-,14-/m1/s1. The van der Waals surface area contributed by atoms with Gasteiger partial charge in [-0.3, -0.25) is 9.69 Å². The minimum absolute atomic E-state index is 0.0585. The highest BCUT2D eigenvalue weighted by Gasteiger charge is 2.45. The molecule has 2 heterocycles. The molecule has 2 aliphatic rings. The zero-order chi connectivity index (χ0) is 16.3. The summed E-state index contributed by atoms with van der Waals surface area (Å²) in [5.74, 6) is -1.11. The van der Waals surface area contributed by atoms with Crippen LogP contribution in [0, 0.1) is 0 Å². The van der Waals surface area contributed by atoms with Gasteiger partial charge in [-0.05, 0) is 35.6 Å². The van der Waals surface area contributed by atoms with Crippen LogP contribution in [0.1, 0.15) is 57.1 Å². The van der Waals surface area contributed by atoms with Crippen molar-refractivity contribution in [3.63, 3.8) is 0 Å². The number of para-hydroxylation sites is 1. The van der Waals surface area contributed by atoms with Crippen LogP contribution in [0.25, 0.3) is 0 Å². The van der Waals surface area contributed by atoms with Gasteiger partial charge in [0.05, 0.1) is 27.9 Å². The van der Waals surface area contributed by atoms with Crippen molar-refractivity contribution in [2.24, 2.45) is 0 Å². The highest BCUT2D eigenvalue weighted by molar-refractivity contribution is 6.34. The van der Waals surface area contributed by atoms with Crippen LogP contribution in [0.4, 0.5) is 5.69 Å². The topological polar surface area (TPSA) is 57.6 Å². The van der Waals surface area contributed by atoms with Crippen LogP contribution in [0.2, 0.25) is 5.02 Å².